The quantitative estimate of drug-likeness (QED) is 0.662. The van der Waals surface area contributed by atoms with Crippen molar-refractivity contribution >= 4 is 0 Å². The number of hydrogen-bond donors (Lipinski definition) is 2. The molecule has 0 saturated carbocycles. The molecule has 3 nitrogen and oxygen atoms in total. The molecule has 0 fully saturated rings. The molecule has 0 amide bonds. The number of rotatable bonds is 2. The molecule has 0 heterocycles. The van der Waals surface area contributed by atoms with Crippen LogP contribution in [-0.4, -0.2) is 12.2 Å². The maximum atomic E-state index is 9.26. The molecule has 60 valence electrons. The van der Waals surface area contributed by atoms with Crippen LogP contribution >= 0.6 is 0 Å². The summed E-state index contributed by atoms with van der Waals surface area (Å²) in [5.41, 5.74) is 6.04. The molecule has 0 aromatic heterocycles. The van der Waals surface area contributed by atoms with Crippen molar-refractivity contribution in [2.75, 3.05) is 7.11 Å². The van der Waals surface area contributed by atoms with E-state index in [1.165, 1.54) is 0 Å². The van der Waals surface area contributed by atoms with Gasteiger partial charge in [-0.1, -0.05) is 6.07 Å². The zero-order chi connectivity index (χ0) is 8.27. The molecule has 1 aromatic carbocycles. The van der Waals surface area contributed by atoms with E-state index in [-0.39, 0.29) is 12.3 Å². The molecule has 0 aliphatic heterocycles. The molecule has 0 saturated heterocycles. The number of aromatic hydroxyl groups is 1. The first-order valence-corrected chi connectivity index (χ1v) is 3.34. The maximum Gasteiger partial charge on any atom is 0.127 e. The van der Waals surface area contributed by atoms with E-state index >= 15 is 0 Å². The zero-order valence-electron chi connectivity index (χ0n) is 6.37. The SMILES string of the molecule is COc1cccc(O)c1CN. The number of benzene rings is 1. The summed E-state index contributed by atoms with van der Waals surface area (Å²) in [6.07, 6.45) is 0. The molecule has 1 aromatic rings. The van der Waals surface area contributed by atoms with Crippen LogP contribution in [-0.2, 0) is 6.54 Å². The Morgan fingerprint density at radius 2 is 2.27 bits per heavy atom. The van der Waals surface area contributed by atoms with Gasteiger partial charge in [-0.2, -0.15) is 0 Å². The molecule has 0 atom stereocenters. The second-order valence-corrected chi connectivity index (χ2v) is 2.16. The molecular formula is C8H11NO2. The minimum atomic E-state index is 0.187. The minimum absolute atomic E-state index is 0.187. The predicted octanol–water partition coefficient (Wildman–Crippen LogP) is 0.859. The van der Waals surface area contributed by atoms with Crippen LogP contribution in [0.5, 0.6) is 11.5 Å². The average molecular weight is 153 g/mol. The highest BCUT2D eigenvalue weighted by molar-refractivity contribution is 5.43. The lowest BCUT2D eigenvalue weighted by Crippen LogP contribution is -1.99. The van der Waals surface area contributed by atoms with Crippen molar-refractivity contribution in [3.63, 3.8) is 0 Å². The summed E-state index contributed by atoms with van der Waals surface area (Å²) in [6, 6.07) is 5.07. The fraction of sp³-hybridized carbons (Fsp3) is 0.250. The van der Waals surface area contributed by atoms with E-state index in [1.807, 2.05) is 0 Å². The van der Waals surface area contributed by atoms with Crippen molar-refractivity contribution in [3.8, 4) is 11.5 Å². The molecule has 0 aliphatic rings. The first-order valence-electron chi connectivity index (χ1n) is 3.34. The molecule has 0 aliphatic carbocycles. The smallest absolute Gasteiger partial charge is 0.127 e. The van der Waals surface area contributed by atoms with E-state index in [9.17, 15) is 5.11 Å². The van der Waals surface area contributed by atoms with E-state index in [4.69, 9.17) is 10.5 Å². The molecule has 0 bridgehead atoms. The van der Waals surface area contributed by atoms with Crippen molar-refractivity contribution in [1.29, 1.82) is 0 Å². The predicted molar refractivity (Wildman–Crippen MR) is 42.6 cm³/mol. The van der Waals surface area contributed by atoms with Gasteiger partial charge in [0.15, 0.2) is 0 Å². The van der Waals surface area contributed by atoms with Gasteiger partial charge in [-0.25, -0.2) is 0 Å². The van der Waals surface area contributed by atoms with E-state index in [0.717, 1.165) is 0 Å². The lowest BCUT2D eigenvalue weighted by molar-refractivity contribution is 0.400. The Kier molecular flexibility index (Phi) is 2.33. The third-order valence-electron chi connectivity index (χ3n) is 1.53. The Balaban J connectivity index is 3.13. The average Bonchev–Trinajstić information content (AvgIpc) is 2.04. The summed E-state index contributed by atoms with van der Waals surface area (Å²) in [5.74, 6) is 0.819. The van der Waals surface area contributed by atoms with Crippen molar-refractivity contribution in [2.24, 2.45) is 5.73 Å². The van der Waals surface area contributed by atoms with Crippen LogP contribution < -0.4 is 10.5 Å². The Labute approximate surface area is 65.4 Å². The highest BCUT2D eigenvalue weighted by atomic mass is 16.5. The Hall–Kier alpha value is -1.22. The van der Waals surface area contributed by atoms with Gasteiger partial charge < -0.3 is 15.6 Å². The second-order valence-electron chi connectivity index (χ2n) is 2.16. The van der Waals surface area contributed by atoms with Gasteiger partial charge in [0.25, 0.3) is 0 Å². The molecule has 11 heavy (non-hydrogen) atoms. The molecular weight excluding hydrogens is 142 g/mol. The van der Waals surface area contributed by atoms with Gasteiger partial charge in [0, 0.05) is 12.1 Å². The number of phenols is 1. The van der Waals surface area contributed by atoms with Crippen LogP contribution in [0, 0.1) is 0 Å². The highest BCUT2D eigenvalue weighted by Crippen LogP contribution is 2.25. The number of methoxy groups -OCH3 is 1. The summed E-state index contributed by atoms with van der Waals surface area (Å²) in [4.78, 5) is 0. The molecule has 0 radical (unpaired) electrons. The van der Waals surface area contributed by atoms with Gasteiger partial charge in [-0.15, -0.1) is 0 Å². The molecule has 1 rings (SSSR count). The van der Waals surface area contributed by atoms with Crippen LogP contribution in [0.1, 0.15) is 5.56 Å². The van der Waals surface area contributed by atoms with Gasteiger partial charge in [0.1, 0.15) is 11.5 Å². The Bertz CT molecular complexity index is 248. The van der Waals surface area contributed by atoms with Gasteiger partial charge in [0.2, 0.25) is 0 Å². The molecule has 0 spiro atoms. The summed E-state index contributed by atoms with van der Waals surface area (Å²) in [7, 11) is 1.55. The number of phenolic OH excluding ortho intramolecular Hbond substituents is 1. The molecule has 0 unspecified atom stereocenters. The first-order chi connectivity index (χ1) is 5.29. The highest BCUT2D eigenvalue weighted by Gasteiger charge is 2.04. The summed E-state index contributed by atoms with van der Waals surface area (Å²) >= 11 is 0. The van der Waals surface area contributed by atoms with E-state index < -0.39 is 0 Å². The van der Waals surface area contributed by atoms with Crippen molar-refractivity contribution in [3.05, 3.63) is 23.8 Å². The van der Waals surface area contributed by atoms with Crippen molar-refractivity contribution in [1.82, 2.24) is 0 Å². The van der Waals surface area contributed by atoms with Crippen molar-refractivity contribution in [2.45, 2.75) is 6.54 Å². The largest absolute Gasteiger partial charge is 0.507 e. The normalized spacial score (nSPS) is 9.64. The van der Waals surface area contributed by atoms with Gasteiger partial charge in [-0.3, -0.25) is 0 Å². The third kappa shape index (κ3) is 1.43. The molecule has 3 N–H and O–H groups in total. The third-order valence-corrected chi connectivity index (χ3v) is 1.53. The second kappa shape index (κ2) is 3.25. The van der Waals surface area contributed by atoms with Gasteiger partial charge in [-0.05, 0) is 12.1 Å². The Morgan fingerprint density at radius 3 is 2.73 bits per heavy atom. The van der Waals surface area contributed by atoms with Crippen LogP contribution in [0.15, 0.2) is 18.2 Å². The zero-order valence-corrected chi connectivity index (χ0v) is 6.37. The summed E-state index contributed by atoms with van der Waals surface area (Å²) in [5, 5.41) is 9.26. The first kappa shape index (κ1) is 7.88. The van der Waals surface area contributed by atoms with E-state index in [0.29, 0.717) is 11.3 Å². The number of ether oxygens (including phenoxy) is 1. The Morgan fingerprint density at radius 1 is 1.55 bits per heavy atom. The minimum Gasteiger partial charge on any atom is -0.507 e. The fourth-order valence-corrected chi connectivity index (χ4v) is 0.950. The summed E-state index contributed by atoms with van der Waals surface area (Å²) < 4.78 is 4.98. The van der Waals surface area contributed by atoms with E-state index in [1.54, 1.807) is 25.3 Å². The number of nitrogens with two attached hydrogens (primary N) is 1. The standard InChI is InChI=1S/C8H11NO2/c1-11-8-4-2-3-7(10)6(8)5-9/h2-4,10H,5,9H2,1H3. The number of hydrogen-bond acceptors (Lipinski definition) is 3. The van der Waals surface area contributed by atoms with Gasteiger partial charge in [0.05, 0.1) is 7.11 Å². The van der Waals surface area contributed by atoms with Gasteiger partial charge >= 0.3 is 0 Å². The summed E-state index contributed by atoms with van der Waals surface area (Å²) in [6.45, 7) is 0.288. The van der Waals surface area contributed by atoms with Crippen molar-refractivity contribution < 1.29 is 9.84 Å². The lowest BCUT2D eigenvalue weighted by Gasteiger charge is -2.06. The maximum absolute atomic E-state index is 9.26. The fourth-order valence-electron chi connectivity index (χ4n) is 0.950. The molecule has 3 heteroatoms. The van der Waals surface area contributed by atoms with E-state index in [2.05, 4.69) is 0 Å². The van der Waals surface area contributed by atoms with Crippen LogP contribution in [0.3, 0.4) is 0 Å². The monoisotopic (exact) mass is 153 g/mol. The van der Waals surface area contributed by atoms with Crippen LogP contribution in [0.2, 0.25) is 0 Å². The van der Waals surface area contributed by atoms with Crippen LogP contribution in [0.4, 0.5) is 0 Å². The lowest BCUT2D eigenvalue weighted by atomic mass is 10.2. The topological polar surface area (TPSA) is 55.5 Å². The van der Waals surface area contributed by atoms with Crippen LogP contribution in [0.25, 0.3) is 0 Å².